The largest absolute Gasteiger partial charge is 0.496 e. The molecular weight excluding hydrogens is 363 g/mol. The Balaban J connectivity index is 0.00000156. The Bertz CT molecular complexity index is 510. The summed E-state index contributed by atoms with van der Waals surface area (Å²) < 4.78 is 16.8. The fraction of sp³-hybridized carbons (Fsp3) is 0.667. The number of halogens is 2. The normalized spacial score (nSPS) is 18.5. The third kappa shape index (κ3) is 5.30. The van der Waals surface area contributed by atoms with Gasteiger partial charge in [0.1, 0.15) is 17.2 Å². The molecule has 1 aromatic carbocycles. The molecule has 0 unspecified atom stereocenters. The lowest BCUT2D eigenvalue weighted by molar-refractivity contribution is 0.154. The molecule has 1 saturated heterocycles. The van der Waals surface area contributed by atoms with Crippen LogP contribution in [0.2, 0.25) is 0 Å². The molecule has 1 saturated carbocycles. The zero-order chi connectivity index (χ0) is 16.2. The Morgan fingerprint density at radius 1 is 1.00 bits per heavy atom. The summed E-state index contributed by atoms with van der Waals surface area (Å²) in [6.07, 6.45) is 3.88. The van der Waals surface area contributed by atoms with Gasteiger partial charge in [-0.25, -0.2) is 0 Å². The summed E-state index contributed by atoms with van der Waals surface area (Å²) >= 11 is 0. The second-order valence-electron chi connectivity index (χ2n) is 6.43. The first kappa shape index (κ1) is 22.2. The summed E-state index contributed by atoms with van der Waals surface area (Å²) in [5.41, 5.74) is 1.17. The lowest BCUT2D eigenvalue weighted by Crippen LogP contribution is -2.45. The fourth-order valence-electron chi connectivity index (χ4n) is 3.47. The van der Waals surface area contributed by atoms with Crippen LogP contribution in [-0.2, 0) is 0 Å². The van der Waals surface area contributed by atoms with Crippen LogP contribution >= 0.6 is 24.8 Å². The Morgan fingerprint density at radius 2 is 1.56 bits per heavy atom. The van der Waals surface area contributed by atoms with Crippen LogP contribution in [0.5, 0.6) is 17.2 Å². The van der Waals surface area contributed by atoms with Gasteiger partial charge in [0.2, 0.25) is 0 Å². The lowest BCUT2D eigenvalue weighted by atomic mass is 9.96. The SMILES string of the molecule is COc1cc(OC)c([C@@H](CC2CC2)N2CCNCC2)c(OC)c1.Cl.Cl. The van der Waals surface area contributed by atoms with E-state index >= 15 is 0 Å². The summed E-state index contributed by atoms with van der Waals surface area (Å²) in [7, 11) is 5.12. The minimum absolute atomic E-state index is 0. The number of methoxy groups -OCH3 is 3. The predicted molar refractivity (Wildman–Crippen MR) is 105 cm³/mol. The quantitative estimate of drug-likeness (QED) is 0.770. The molecule has 5 nitrogen and oxygen atoms in total. The van der Waals surface area contributed by atoms with Crippen molar-refractivity contribution in [3.63, 3.8) is 0 Å². The minimum Gasteiger partial charge on any atom is -0.496 e. The molecule has 0 spiro atoms. The van der Waals surface area contributed by atoms with E-state index in [-0.39, 0.29) is 24.8 Å². The van der Waals surface area contributed by atoms with E-state index in [2.05, 4.69) is 10.2 Å². The lowest BCUT2D eigenvalue weighted by Gasteiger charge is -2.36. The topological polar surface area (TPSA) is 43.0 Å². The van der Waals surface area contributed by atoms with E-state index in [1.807, 2.05) is 12.1 Å². The first-order valence-electron chi connectivity index (χ1n) is 8.51. The summed E-state index contributed by atoms with van der Waals surface area (Å²) in [5, 5.41) is 3.44. The number of ether oxygens (including phenoxy) is 3. The minimum atomic E-state index is 0. The van der Waals surface area contributed by atoms with E-state index in [0.717, 1.165) is 49.3 Å². The van der Waals surface area contributed by atoms with Crippen LogP contribution in [-0.4, -0.2) is 52.4 Å². The van der Waals surface area contributed by atoms with Gasteiger partial charge in [-0.1, -0.05) is 12.8 Å². The molecule has 0 aromatic heterocycles. The average Bonchev–Trinajstić information content (AvgIpc) is 3.43. The van der Waals surface area contributed by atoms with Gasteiger partial charge in [0.25, 0.3) is 0 Å². The molecule has 144 valence electrons. The average molecular weight is 393 g/mol. The van der Waals surface area contributed by atoms with E-state index < -0.39 is 0 Å². The van der Waals surface area contributed by atoms with Crippen LogP contribution in [0.25, 0.3) is 0 Å². The molecule has 1 N–H and O–H groups in total. The van der Waals surface area contributed by atoms with E-state index in [0.29, 0.717) is 6.04 Å². The highest BCUT2D eigenvalue weighted by atomic mass is 35.5. The van der Waals surface area contributed by atoms with Gasteiger partial charge in [-0.05, 0) is 12.3 Å². The van der Waals surface area contributed by atoms with Gasteiger partial charge >= 0.3 is 0 Å². The molecule has 1 atom stereocenters. The van der Waals surface area contributed by atoms with E-state index in [1.54, 1.807) is 21.3 Å². The maximum atomic E-state index is 5.70. The van der Waals surface area contributed by atoms with Gasteiger partial charge in [-0.15, -0.1) is 24.8 Å². The number of nitrogens with zero attached hydrogens (tertiary/aromatic N) is 1. The van der Waals surface area contributed by atoms with Crippen molar-refractivity contribution in [2.75, 3.05) is 47.5 Å². The Morgan fingerprint density at radius 3 is 2.00 bits per heavy atom. The Labute approximate surface area is 163 Å². The third-order valence-electron chi connectivity index (χ3n) is 4.93. The van der Waals surface area contributed by atoms with Crippen molar-refractivity contribution in [1.82, 2.24) is 10.2 Å². The highest BCUT2D eigenvalue weighted by Gasteiger charge is 2.34. The van der Waals surface area contributed by atoms with Gasteiger partial charge in [0.15, 0.2) is 0 Å². The maximum absolute atomic E-state index is 5.70. The van der Waals surface area contributed by atoms with Crippen molar-refractivity contribution >= 4 is 24.8 Å². The molecule has 7 heteroatoms. The molecule has 0 amide bonds. The van der Waals surface area contributed by atoms with Gasteiger partial charge in [0.05, 0.1) is 26.9 Å². The summed E-state index contributed by atoms with van der Waals surface area (Å²) in [4.78, 5) is 2.57. The zero-order valence-electron chi connectivity index (χ0n) is 15.2. The summed E-state index contributed by atoms with van der Waals surface area (Å²) in [6, 6.07) is 4.29. The highest BCUT2D eigenvalue weighted by Crippen LogP contribution is 2.46. The molecule has 1 aromatic rings. The predicted octanol–water partition coefficient (Wildman–Crippen LogP) is 3.30. The molecule has 3 rings (SSSR count). The van der Waals surface area contributed by atoms with Crippen LogP contribution in [0.1, 0.15) is 30.9 Å². The maximum Gasteiger partial charge on any atom is 0.131 e. The molecular formula is C18H30Cl2N2O3. The van der Waals surface area contributed by atoms with E-state index in [1.165, 1.54) is 24.8 Å². The fourth-order valence-corrected chi connectivity index (χ4v) is 3.47. The van der Waals surface area contributed by atoms with E-state index in [9.17, 15) is 0 Å². The molecule has 1 aliphatic carbocycles. The van der Waals surface area contributed by atoms with Crippen LogP contribution in [0.3, 0.4) is 0 Å². The van der Waals surface area contributed by atoms with Gasteiger partial charge in [-0.2, -0.15) is 0 Å². The third-order valence-corrected chi connectivity index (χ3v) is 4.93. The highest BCUT2D eigenvalue weighted by molar-refractivity contribution is 5.85. The second kappa shape index (κ2) is 10.3. The number of rotatable bonds is 7. The number of hydrogen-bond donors (Lipinski definition) is 1. The molecule has 1 heterocycles. The van der Waals surface area contributed by atoms with Crippen LogP contribution in [0, 0.1) is 5.92 Å². The van der Waals surface area contributed by atoms with Crippen molar-refractivity contribution in [1.29, 1.82) is 0 Å². The van der Waals surface area contributed by atoms with Crippen molar-refractivity contribution in [2.24, 2.45) is 5.92 Å². The van der Waals surface area contributed by atoms with Crippen LogP contribution in [0.15, 0.2) is 12.1 Å². The van der Waals surface area contributed by atoms with Gasteiger partial charge < -0.3 is 19.5 Å². The molecule has 2 aliphatic rings. The smallest absolute Gasteiger partial charge is 0.131 e. The molecule has 0 bridgehead atoms. The van der Waals surface area contributed by atoms with Crippen molar-refractivity contribution in [3.8, 4) is 17.2 Å². The van der Waals surface area contributed by atoms with Crippen LogP contribution < -0.4 is 19.5 Å². The standard InChI is InChI=1S/C18H28N2O3.2ClH/c1-21-14-11-16(22-2)18(17(12-14)23-3)15(10-13-4-5-13)20-8-6-19-7-9-20;;/h11-13,15,19H,4-10H2,1-3H3;2*1H/t15-;;/m1../s1. The number of piperazine rings is 1. The van der Waals surface area contributed by atoms with Crippen molar-refractivity contribution in [3.05, 3.63) is 17.7 Å². The Kier molecular flexibility index (Phi) is 9.14. The Hall–Kier alpha value is -0.880. The van der Waals surface area contributed by atoms with Crippen molar-refractivity contribution in [2.45, 2.75) is 25.3 Å². The molecule has 1 aliphatic heterocycles. The van der Waals surface area contributed by atoms with Crippen LogP contribution in [0.4, 0.5) is 0 Å². The summed E-state index contributed by atoms with van der Waals surface area (Å²) in [6.45, 7) is 4.22. The summed E-state index contributed by atoms with van der Waals surface area (Å²) in [5.74, 6) is 3.34. The molecule has 0 radical (unpaired) electrons. The first-order chi connectivity index (χ1) is 11.3. The molecule has 25 heavy (non-hydrogen) atoms. The first-order valence-corrected chi connectivity index (χ1v) is 8.51. The monoisotopic (exact) mass is 392 g/mol. The molecule has 2 fully saturated rings. The number of hydrogen-bond acceptors (Lipinski definition) is 5. The van der Waals surface area contributed by atoms with Gasteiger partial charge in [0, 0.05) is 44.4 Å². The number of nitrogens with one attached hydrogen (secondary N) is 1. The van der Waals surface area contributed by atoms with Gasteiger partial charge in [-0.3, -0.25) is 4.90 Å². The zero-order valence-corrected chi connectivity index (χ0v) is 16.9. The second-order valence-corrected chi connectivity index (χ2v) is 6.43. The number of benzene rings is 1. The van der Waals surface area contributed by atoms with E-state index in [4.69, 9.17) is 14.2 Å². The van der Waals surface area contributed by atoms with Crippen molar-refractivity contribution < 1.29 is 14.2 Å².